The molecule has 0 amide bonds. The van der Waals surface area contributed by atoms with Gasteiger partial charge in [0.25, 0.3) is 0 Å². The van der Waals surface area contributed by atoms with Crippen molar-refractivity contribution >= 4 is 10.8 Å². The van der Waals surface area contributed by atoms with Crippen LogP contribution in [0.25, 0.3) is 0 Å². The van der Waals surface area contributed by atoms with E-state index in [0.717, 1.165) is 0 Å². The van der Waals surface area contributed by atoms with Crippen LogP contribution in [0.15, 0.2) is 29.2 Å². The molecule has 0 saturated heterocycles. The molecule has 4 heteroatoms. The minimum Gasteiger partial charge on any atom is -0.254 e. The van der Waals surface area contributed by atoms with E-state index in [0.29, 0.717) is 0 Å². The molecule has 0 spiro atoms. The molecule has 1 rings (SSSR count). The summed E-state index contributed by atoms with van der Waals surface area (Å²) in [7, 11) is -1.42. The Hall–Kier alpha value is -1.21. The summed E-state index contributed by atoms with van der Waals surface area (Å²) in [6, 6.07) is 7.90. The molecule has 2 nitrogen and oxygen atoms in total. The molecule has 0 aromatic heterocycles. The summed E-state index contributed by atoms with van der Waals surface area (Å²) in [5.41, 5.74) is 0. The zero-order valence-corrected chi connectivity index (χ0v) is 8.55. The molecular formula is C10H10FNOS. The summed E-state index contributed by atoms with van der Waals surface area (Å²) in [5, 5.41) is 8.52. The Morgan fingerprint density at radius 3 is 2.79 bits per heavy atom. The Morgan fingerprint density at radius 1 is 1.57 bits per heavy atom. The average Bonchev–Trinajstić information content (AvgIpc) is 2.18. The van der Waals surface area contributed by atoms with E-state index < -0.39 is 16.6 Å². The van der Waals surface area contributed by atoms with Gasteiger partial charge in [-0.1, -0.05) is 12.1 Å². The number of nitriles is 1. The van der Waals surface area contributed by atoms with Crippen molar-refractivity contribution in [2.75, 3.05) is 5.75 Å². The molecule has 74 valence electrons. The van der Waals surface area contributed by atoms with Gasteiger partial charge in [0.15, 0.2) is 0 Å². The molecule has 14 heavy (non-hydrogen) atoms. The van der Waals surface area contributed by atoms with Gasteiger partial charge in [-0.15, -0.1) is 0 Å². The smallest absolute Gasteiger partial charge is 0.139 e. The van der Waals surface area contributed by atoms with E-state index >= 15 is 0 Å². The summed E-state index contributed by atoms with van der Waals surface area (Å²) in [4.78, 5) is 0.176. The van der Waals surface area contributed by atoms with E-state index in [1.54, 1.807) is 19.1 Å². The number of rotatable bonds is 3. The number of hydrogen-bond acceptors (Lipinski definition) is 2. The first-order chi connectivity index (χ1) is 6.65. The summed E-state index contributed by atoms with van der Waals surface area (Å²) >= 11 is 0. The highest BCUT2D eigenvalue weighted by atomic mass is 32.2. The van der Waals surface area contributed by atoms with Crippen molar-refractivity contribution in [1.29, 1.82) is 5.26 Å². The summed E-state index contributed by atoms with van der Waals surface area (Å²) in [6.45, 7) is 1.67. The third kappa shape index (κ3) is 2.64. The predicted octanol–water partition coefficient (Wildman–Crippen LogP) is 2.09. The highest BCUT2D eigenvalue weighted by Crippen LogP contribution is 2.13. The second-order valence-electron chi connectivity index (χ2n) is 2.97. The van der Waals surface area contributed by atoms with Crippen molar-refractivity contribution in [3.8, 4) is 6.07 Å². The van der Waals surface area contributed by atoms with Gasteiger partial charge in [-0.3, -0.25) is 4.21 Å². The third-order valence-corrected chi connectivity index (χ3v) is 3.33. The van der Waals surface area contributed by atoms with Crippen molar-refractivity contribution < 1.29 is 8.60 Å². The SMILES string of the molecule is CC(C#N)CS(=O)c1ccccc1F. The lowest BCUT2D eigenvalue weighted by Gasteiger charge is -2.03. The van der Waals surface area contributed by atoms with Crippen LogP contribution in [-0.4, -0.2) is 9.96 Å². The molecule has 1 aromatic carbocycles. The molecule has 0 radical (unpaired) electrons. The van der Waals surface area contributed by atoms with E-state index in [1.807, 2.05) is 6.07 Å². The Labute approximate surface area is 84.8 Å². The van der Waals surface area contributed by atoms with Gasteiger partial charge >= 0.3 is 0 Å². The van der Waals surface area contributed by atoms with Gasteiger partial charge in [-0.2, -0.15) is 5.26 Å². The maximum Gasteiger partial charge on any atom is 0.139 e. The molecule has 0 aliphatic rings. The molecular weight excluding hydrogens is 201 g/mol. The highest BCUT2D eigenvalue weighted by Gasteiger charge is 2.12. The molecule has 1 aromatic rings. The second kappa shape index (κ2) is 4.87. The fourth-order valence-electron chi connectivity index (χ4n) is 0.983. The Kier molecular flexibility index (Phi) is 3.78. The number of hydrogen-bond donors (Lipinski definition) is 0. The Bertz CT molecular complexity index is 386. The average molecular weight is 211 g/mol. The minimum absolute atomic E-state index is 0.176. The monoisotopic (exact) mass is 211 g/mol. The van der Waals surface area contributed by atoms with Crippen molar-refractivity contribution in [2.45, 2.75) is 11.8 Å². The van der Waals surface area contributed by atoms with Crippen LogP contribution in [0.3, 0.4) is 0 Å². The van der Waals surface area contributed by atoms with Crippen LogP contribution in [-0.2, 0) is 10.8 Å². The lowest BCUT2D eigenvalue weighted by atomic mass is 10.3. The standard InChI is InChI=1S/C10H10FNOS/c1-8(6-12)7-14(13)10-5-3-2-4-9(10)11/h2-5,8H,7H2,1H3. The topological polar surface area (TPSA) is 40.9 Å². The van der Waals surface area contributed by atoms with Gasteiger partial charge in [-0.05, 0) is 19.1 Å². The molecule has 0 saturated carbocycles. The van der Waals surface area contributed by atoms with E-state index in [-0.39, 0.29) is 16.6 Å². The van der Waals surface area contributed by atoms with Crippen LogP contribution in [0, 0.1) is 23.1 Å². The van der Waals surface area contributed by atoms with Crippen LogP contribution in [0.2, 0.25) is 0 Å². The fourth-order valence-corrected chi connectivity index (χ4v) is 2.21. The van der Waals surface area contributed by atoms with E-state index in [2.05, 4.69) is 0 Å². The first-order valence-electron chi connectivity index (χ1n) is 4.17. The molecule has 0 aliphatic carbocycles. The molecule has 2 unspecified atom stereocenters. The van der Waals surface area contributed by atoms with Gasteiger partial charge in [0.2, 0.25) is 0 Å². The first-order valence-corrected chi connectivity index (χ1v) is 5.49. The van der Waals surface area contributed by atoms with E-state index in [9.17, 15) is 8.60 Å². The maximum absolute atomic E-state index is 13.1. The molecule has 0 N–H and O–H groups in total. The fraction of sp³-hybridized carbons (Fsp3) is 0.300. The van der Waals surface area contributed by atoms with Gasteiger partial charge < -0.3 is 0 Å². The Morgan fingerprint density at radius 2 is 2.21 bits per heavy atom. The molecule has 0 heterocycles. The van der Waals surface area contributed by atoms with Crippen LogP contribution in [0.5, 0.6) is 0 Å². The summed E-state index contributed by atoms with van der Waals surface area (Å²) in [6.07, 6.45) is 0. The van der Waals surface area contributed by atoms with Crippen LogP contribution in [0.4, 0.5) is 4.39 Å². The lowest BCUT2D eigenvalue weighted by Crippen LogP contribution is -2.07. The number of nitrogens with zero attached hydrogens (tertiary/aromatic N) is 1. The number of halogens is 1. The molecule has 0 aliphatic heterocycles. The molecule has 0 fully saturated rings. The molecule has 2 atom stereocenters. The zero-order valence-electron chi connectivity index (χ0n) is 7.74. The van der Waals surface area contributed by atoms with Crippen molar-refractivity contribution in [3.63, 3.8) is 0 Å². The van der Waals surface area contributed by atoms with Crippen molar-refractivity contribution in [2.24, 2.45) is 5.92 Å². The van der Waals surface area contributed by atoms with Crippen LogP contribution >= 0.6 is 0 Å². The predicted molar refractivity (Wildman–Crippen MR) is 52.5 cm³/mol. The quantitative estimate of drug-likeness (QED) is 0.768. The largest absolute Gasteiger partial charge is 0.254 e. The normalized spacial score (nSPS) is 14.4. The van der Waals surface area contributed by atoms with Gasteiger partial charge in [0.1, 0.15) is 5.82 Å². The van der Waals surface area contributed by atoms with Crippen LogP contribution in [0.1, 0.15) is 6.92 Å². The summed E-state index contributed by atoms with van der Waals surface area (Å²) in [5.74, 6) is -0.622. The van der Waals surface area contributed by atoms with Gasteiger partial charge in [0, 0.05) is 5.75 Å². The summed E-state index contributed by atoms with van der Waals surface area (Å²) < 4.78 is 24.7. The van der Waals surface area contributed by atoms with Crippen LogP contribution < -0.4 is 0 Å². The van der Waals surface area contributed by atoms with Gasteiger partial charge in [-0.25, -0.2) is 4.39 Å². The second-order valence-corrected chi connectivity index (χ2v) is 4.44. The highest BCUT2D eigenvalue weighted by molar-refractivity contribution is 7.85. The maximum atomic E-state index is 13.1. The third-order valence-electron chi connectivity index (χ3n) is 1.70. The van der Waals surface area contributed by atoms with E-state index in [1.165, 1.54) is 12.1 Å². The lowest BCUT2D eigenvalue weighted by molar-refractivity contribution is 0.594. The zero-order chi connectivity index (χ0) is 10.6. The van der Waals surface area contributed by atoms with Crippen molar-refractivity contribution in [1.82, 2.24) is 0 Å². The number of benzene rings is 1. The molecule has 0 bridgehead atoms. The minimum atomic E-state index is -1.42. The van der Waals surface area contributed by atoms with Gasteiger partial charge in [0.05, 0.1) is 27.7 Å². The first kappa shape index (κ1) is 10.9. The van der Waals surface area contributed by atoms with Crippen molar-refractivity contribution in [3.05, 3.63) is 30.1 Å². The van der Waals surface area contributed by atoms with E-state index in [4.69, 9.17) is 5.26 Å². The Balaban J connectivity index is 2.81.